The lowest BCUT2D eigenvalue weighted by Gasteiger charge is -2.11. The highest BCUT2D eigenvalue weighted by Crippen LogP contribution is 2.30. The lowest BCUT2D eigenvalue weighted by atomic mass is 10.2. The van der Waals surface area contributed by atoms with Crippen LogP contribution in [0.25, 0.3) is 11.0 Å². The first-order chi connectivity index (χ1) is 8.75. The topological polar surface area (TPSA) is 38.0 Å². The molecule has 0 aliphatic heterocycles. The largest absolute Gasteiger partial charge is 0.386 e. The Hall–Kier alpha value is -1.17. The summed E-state index contributed by atoms with van der Waals surface area (Å²) in [4.78, 5) is 5.27. The van der Waals surface area contributed by atoms with Gasteiger partial charge in [0.15, 0.2) is 0 Å². The Morgan fingerprint density at radius 1 is 1.33 bits per heavy atom. The van der Waals surface area contributed by atoms with E-state index in [1.165, 1.54) is 0 Å². The van der Waals surface area contributed by atoms with Gasteiger partial charge in [-0.25, -0.2) is 4.98 Å². The number of imidazole rings is 1. The number of hydrogen-bond acceptors (Lipinski definition) is 3. The van der Waals surface area contributed by atoms with Crippen molar-refractivity contribution in [2.45, 2.75) is 12.6 Å². The molecule has 0 aliphatic carbocycles. The number of halogens is 1. The summed E-state index contributed by atoms with van der Waals surface area (Å²) in [6.07, 6.45) is 1.26. The van der Waals surface area contributed by atoms with Gasteiger partial charge in [-0.3, -0.25) is 0 Å². The van der Waals surface area contributed by atoms with Crippen molar-refractivity contribution in [3.05, 3.63) is 51.4 Å². The molecule has 0 spiro atoms. The average molecular weight is 323 g/mol. The third kappa shape index (κ3) is 2.09. The van der Waals surface area contributed by atoms with Crippen LogP contribution in [0.3, 0.4) is 0 Å². The number of nitrogens with zero attached hydrogens (tertiary/aromatic N) is 2. The van der Waals surface area contributed by atoms with E-state index in [0.29, 0.717) is 6.54 Å². The molecule has 2 aromatic heterocycles. The predicted octanol–water partition coefficient (Wildman–Crippen LogP) is 3.59. The average Bonchev–Trinajstić information content (AvgIpc) is 2.97. The van der Waals surface area contributed by atoms with Crippen molar-refractivity contribution in [2.75, 3.05) is 0 Å². The second-order valence-electron chi connectivity index (χ2n) is 4.03. The molecule has 0 fully saturated rings. The number of para-hydroxylation sites is 2. The summed E-state index contributed by atoms with van der Waals surface area (Å²) >= 11 is 5.00. The third-order valence-electron chi connectivity index (χ3n) is 2.84. The van der Waals surface area contributed by atoms with E-state index >= 15 is 0 Å². The lowest BCUT2D eigenvalue weighted by Crippen LogP contribution is -2.06. The fourth-order valence-corrected chi connectivity index (χ4v) is 3.58. The van der Waals surface area contributed by atoms with Gasteiger partial charge in [-0.1, -0.05) is 12.1 Å². The van der Waals surface area contributed by atoms with Crippen LogP contribution in [0.15, 0.2) is 46.5 Å². The van der Waals surface area contributed by atoms with Crippen molar-refractivity contribution in [2.24, 2.45) is 0 Å². The SMILES string of the molecule is OC(Cn1cnc2ccccc21)c1sccc1Br. The van der Waals surface area contributed by atoms with Crippen LogP contribution in [-0.4, -0.2) is 14.7 Å². The minimum Gasteiger partial charge on any atom is -0.386 e. The summed E-state index contributed by atoms with van der Waals surface area (Å²) < 4.78 is 2.94. The standard InChI is InChI=1S/C13H11BrN2OS/c14-9-5-6-18-13(9)12(17)7-16-8-15-10-3-1-2-4-11(10)16/h1-6,8,12,17H,7H2. The van der Waals surface area contributed by atoms with Crippen LogP contribution in [0.2, 0.25) is 0 Å². The molecule has 0 bridgehead atoms. The molecule has 1 N–H and O–H groups in total. The molecule has 2 heterocycles. The minimum atomic E-state index is -0.517. The van der Waals surface area contributed by atoms with Gasteiger partial charge in [0, 0.05) is 9.35 Å². The van der Waals surface area contributed by atoms with Crippen LogP contribution in [0, 0.1) is 0 Å². The van der Waals surface area contributed by atoms with E-state index in [4.69, 9.17) is 0 Å². The molecule has 0 saturated carbocycles. The number of aromatic nitrogens is 2. The second kappa shape index (κ2) is 4.84. The molecule has 0 radical (unpaired) electrons. The Labute approximate surface area is 117 Å². The molecular weight excluding hydrogens is 312 g/mol. The molecule has 5 heteroatoms. The first kappa shape index (κ1) is 11.9. The van der Waals surface area contributed by atoms with Gasteiger partial charge >= 0.3 is 0 Å². The highest BCUT2D eigenvalue weighted by Gasteiger charge is 2.14. The van der Waals surface area contributed by atoms with Crippen molar-refractivity contribution in [3.63, 3.8) is 0 Å². The Bertz CT molecular complexity index is 676. The Kier molecular flexibility index (Phi) is 3.20. The van der Waals surface area contributed by atoms with Gasteiger partial charge in [-0.2, -0.15) is 0 Å². The van der Waals surface area contributed by atoms with Crippen molar-refractivity contribution in [3.8, 4) is 0 Å². The zero-order valence-electron chi connectivity index (χ0n) is 9.45. The fraction of sp³-hybridized carbons (Fsp3) is 0.154. The summed E-state index contributed by atoms with van der Waals surface area (Å²) in [7, 11) is 0. The van der Waals surface area contributed by atoms with Gasteiger partial charge in [0.25, 0.3) is 0 Å². The molecule has 1 atom stereocenters. The zero-order valence-corrected chi connectivity index (χ0v) is 11.9. The monoisotopic (exact) mass is 322 g/mol. The second-order valence-corrected chi connectivity index (χ2v) is 5.84. The Balaban J connectivity index is 1.91. The fourth-order valence-electron chi connectivity index (χ4n) is 1.97. The van der Waals surface area contributed by atoms with Gasteiger partial charge in [-0.15, -0.1) is 11.3 Å². The van der Waals surface area contributed by atoms with Crippen molar-refractivity contribution >= 4 is 38.3 Å². The molecule has 3 aromatic rings. The van der Waals surface area contributed by atoms with E-state index in [0.717, 1.165) is 20.4 Å². The van der Waals surface area contributed by atoms with E-state index in [2.05, 4.69) is 20.9 Å². The summed E-state index contributed by atoms with van der Waals surface area (Å²) in [5, 5.41) is 12.2. The van der Waals surface area contributed by atoms with Gasteiger partial charge < -0.3 is 9.67 Å². The molecule has 1 aromatic carbocycles. The first-order valence-corrected chi connectivity index (χ1v) is 7.24. The lowest BCUT2D eigenvalue weighted by molar-refractivity contribution is 0.161. The van der Waals surface area contributed by atoms with E-state index < -0.39 is 6.10 Å². The predicted molar refractivity (Wildman–Crippen MR) is 76.7 cm³/mol. The van der Waals surface area contributed by atoms with Gasteiger partial charge in [0.2, 0.25) is 0 Å². The van der Waals surface area contributed by atoms with Crippen LogP contribution in [-0.2, 0) is 6.54 Å². The number of rotatable bonds is 3. The van der Waals surface area contributed by atoms with Crippen molar-refractivity contribution < 1.29 is 5.11 Å². The maximum Gasteiger partial charge on any atom is 0.107 e. The van der Waals surface area contributed by atoms with Crippen LogP contribution < -0.4 is 0 Å². The maximum atomic E-state index is 10.3. The molecule has 1 unspecified atom stereocenters. The zero-order chi connectivity index (χ0) is 12.5. The van der Waals surface area contributed by atoms with Crippen LogP contribution in [0.1, 0.15) is 11.0 Å². The Morgan fingerprint density at radius 3 is 2.94 bits per heavy atom. The molecule has 18 heavy (non-hydrogen) atoms. The number of thiophene rings is 1. The first-order valence-electron chi connectivity index (χ1n) is 5.56. The minimum absolute atomic E-state index is 0.514. The van der Waals surface area contributed by atoms with Crippen LogP contribution >= 0.6 is 27.3 Å². The maximum absolute atomic E-state index is 10.3. The van der Waals surface area contributed by atoms with E-state index in [1.54, 1.807) is 17.7 Å². The highest BCUT2D eigenvalue weighted by atomic mass is 79.9. The molecule has 92 valence electrons. The number of fused-ring (bicyclic) bond motifs is 1. The van der Waals surface area contributed by atoms with Crippen molar-refractivity contribution in [1.29, 1.82) is 0 Å². The normalized spacial score (nSPS) is 13.0. The summed E-state index contributed by atoms with van der Waals surface area (Å²) in [5.74, 6) is 0. The van der Waals surface area contributed by atoms with E-state index in [-0.39, 0.29) is 0 Å². The van der Waals surface area contributed by atoms with Crippen LogP contribution in [0.5, 0.6) is 0 Å². The van der Waals surface area contributed by atoms with Crippen molar-refractivity contribution in [1.82, 2.24) is 9.55 Å². The van der Waals surface area contributed by atoms with E-state index in [9.17, 15) is 5.11 Å². The van der Waals surface area contributed by atoms with E-state index in [1.807, 2.05) is 40.3 Å². The Morgan fingerprint density at radius 2 is 2.17 bits per heavy atom. The molecule has 3 rings (SSSR count). The molecule has 0 saturated heterocycles. The summed E-state index contributed by atoms with van der Waals surface area (Å²) in [5.41, 5.74) is 2.00. The number of aliphatic hydroxyl groups is 1. The molecule has 0 amide bonds. The molecular formula is C13H11BrN2OS. The highest BCUT2D eigenvalue weighted by molar-refractivity contribution is 9.10. The van der Waals surface area contributed by atoms with Gasteiger partial charge in [-0.05, 0) is 39.5 Å². The third-order valence-corrected chi connectivity index (χ3v) is 4.82. The van der Waals surface area contributed by atoms with Gasteiger partial charge in [0.05, 0.1) is 23.9 Å². The summed E-state index contributed by atoms with van der Waals surface area (Å²) in [6.45, 7) is 0.514. The smallest absolute Gasteiger partial charge is 0.107 e. The quantitative estimate of drug-likeness (QED) is 0.800. The van der Waals surface area contributed by atoms with Gasteiger partial charge in [0.1, 0.15) is 6.10 Å². The molecule has 3 nitrogen and oxygen atoms in total. The molecule has 0 aliphatic rings. The number of aliphatic hydroxyl groups excluding tert-OH is 1. The number of benzene rings is 1. The number of hydrogen-bond donors (Lipinski definition) is 1. The van der Waals surface area contributed by atoms with Crippen LogP contribution in [0.4, 0.5) is 0 Å². The summed E-state index contributed by atoms with van der Waals surface area (Å²) in [6, 6.07) is 9.88.